The number of hydrogen-bond acceptors (Lipinski definition) is 5. The van der Waals surface area contributed by atoms with E-state index in [2.05, 4.69) is 44.0 Å². The highest BCUT2D eigenvalue weighted by molar-refractivity contribution is 5.74. The summed E-state index contributed by atoms with van der Waals surface area (Å²) < 4.78 is 0. The average molecular weight is 380 g/mol. The van der Waals surface area contributed by atoms with Crippen molar-refractivity contribution in [1.29, 1.82) is 0 Å². The molecule has 0 aliphatic carbocycles. The van der Waals surface area contributed by atoms with Crippen molar-refractivity contribution in [2.75, 3.05) is 52.4 Å². The van der Waals surface area contributed by atoms with E-state index in [0.29, 0.717) is 0 Å². The first-order chi connectivity index (χ1) is 13.8. The number of nitrogens with zero attached hydrogens (tertiary/aromatic N) is 6. The summed E-state index contributed by atoms with van der Waals surface area (Å²) in [5.74, 6) is 0. The Labute approximate surface area is 166 Å². The molecule has 2 aliphatic rings. The van der Waals surface area contributed by atoms with Crippen molar-refractivity contribution in [2.45, 2.75) is 13.1 Å². The first-order valence-electron chi connectivity index (χ1n) is 10.0. The third-order valence-corrected chi connectivity index (χ3v) is 5.60. The van der Waals surface area contributed by atoms with E-state index in [1.807, 2.05) is 34.6 Å². The van der Waals surface area contributed by atoms with Crippen LogP contribution in [0.4, 0.5) is 4.79 Å². The molecule has 0 N–H and O–H groups in total. The number of piperazine rings is 2. The van der Waals surface area contributed by atoms with Gasteiger partial charge in [0, 0.05) is 90.2 Å². The fourth-order valence-corrected chi connectivity index (χ4v) is 3.89. The van der Waals surface area contributed by atoms with E-state index in [1.165, 1.54) is 11.1 Å². The van der Waals surface area contributed by atoms with Gasteiger partial charge in [0.15, 0.2) is 0 Å². The van der Waals surface area contributed by atoms with Gasteiger partial charge in [0.25, 0.3) is 0 Å². The Kier molecular flexibility index (Phi) is 6.14. The van der Waals surface area contributed by atoms with Crippen LogP contribution in [0.25, 0.3) is 0 Å². The number of hydrogen-bond donors (Lipinski definition) is 0. The molecule has 2 aromatic heterocycles. The summed E-state index contributed by atoms with van der Waals surface area (Å²) in [5.41, 5.74) is 2.56. The maximum atomic E-state index is 12.9. The Hall–Kier alpha value is -2.51. The molecule has 2 aromatic rings. The highest BCUT2D eigenvalue weighted by atomic mass is 16.2. The third kappa shape index (κ3) is 4.85. The van der Waals surface area contributed by atoms with Crippen molar-refractivity contribution in [3.63, 3.8) is 0 Å². The number of urea groups is 1. The SMILES string of the molecule is O=C(N1CCN(Cc2ccncc2)CC1)N1CCN(Cc2ccncc2)CC1. The van der Waals surface area contributed by atoms with Gasteiger partial charge in [-0.2, -0.15) is 0 Å². The first kappa shape index (κ1) is 18.8. The van der Waals surface area contributed by atoms with Crippen LogP contribution >= 0.6 is 0 Å². The van der Waals surface area contributed by atoms with Crippen molar-refractivity contribution >= 4 is 6.03 Å². The Morgan fingerprint density at radius 3 is 1.36 bits per heavy atom. The van der Waals surface area contributed by atoms with Crippen molar-refractivity contribution in [2.24, 2.45) is 0 Å². The third-order valence-electron chi connectivity index (χ3n) is 5.60. The molecule has 0 atom stereocenters. The van der Waals surface area contributed by atoms with Gasteiger partial charge in [-0.1, -0.05) is 0 Å². The molecule has 7 nitrogen and oxygen atoms in total. The lowest BCUT2D eigenvalue weighted by atomic mass is 10.2. The topological polar surface area (TPSA) is 55.8 Å². The van der Waals surface area contributed by atoms with E-state index in [0.717, 1.165) is 65.4 Å². The predicted molar refractivity (Wildman–Crippen MR) is 108 cm³/mol. The summed E-state index contributed by atoms with van der Waals surface area (Å²) in [4.78, 5) is 29.9. The Bertz CT molecular complexity index is 677. The van der Waals surface area contributed by atoms with E-state index in [4.69, 9.17) is 0 Å². The van der Waals surface area contributed by atoms with Gasteiger partial charge in [-0.3, -0.25) is 19.8 Å². The normalized spacial score (nSPS) is 19.0. The van der Waals surface area contributed by atoms with Gasteiger partial charge in [0.1, 0.15) is 0 Å². The minimum atomic E-state index is 0.201. The molecular formula is C21H28N6O. The zero-order valence-electron chi connectivity index (χ0n) is 16.3. The molecule has 0 unspecified atom stereocenters. The second-order valence-electron chi connectivity index (χ2n) is 7.52. The summed E-state index contributed by atoms with van der Waals surface area (Å²) in [6, 6.07) is 8.44. The van der Waals surface area contributed by atoms with Crippen LogP contribution in [0.15, 0.2) is 49.1 Å². The largest absolute Gasteiger partial charge is 0.322 e. The standard InChI is InChI=1S/C21H28N6O/c28-21(26-13-9-24(10-14-26)17-19-1-5-22-6-2-19)27-15-11-25(12-16-27)18-20-3-7-23-8-4-20/h1-8H,9-18H2. The molecule has 0 bridgehead atoms. The number of carbonyl (C=O) groups is 1. The van der Waals surface area contributed by atoms with Crippen LogP contribution in [0.1, 0.15) is 11.1 Å². The Morgan fingerprint density at radius 2 is 1.00 bits per heavy atom. The molecule has 2 aliphatic heterocycles. The van der Waals surface area contributed by atoms with Crippen LogP contribution in [-0.2, 0) is 13.1 Å². The van der Waals surface area contributed by atoms with Crippen molar-refractivity contribution in [1.82, 2.24) is 29.6 Å². The van der Waals surface area contributed by atoms with Crippen LogP contribution in [0.5, 0.6) is 0 Å². The molecule has 0 aromatic carbocycles. The quantitative estimate of drug-likeness (QED) is 0.805. The summed E-state index contributed by atoms with van der Waals surface area (Å²) in [7, 11) is 0. The molecule has 4 rings (SSSR count). The van der Waals surface area contributed by atoms with Crippen LogP contribution in [0.3, 0.4) is 0 Å². The molecule has 0 radical (unpaired) electrons. The second-order valence-corrected chi connectivity index (χ2v) is 7.52. The lowest BCUT2D eigenvalue weighted by Gasteiger charge is -2.40. The fraction of sp³-hybridized carbons (Fsp3) is 0.476. The zero-order valence-corrected chi connectivity index (χ0v) is 16.3. The number of pyridine rings is 2. The maximum absolute atomic E-state index is 12.9. The smallest absolute Gasteiger partial charge is 0.320 e. The molecule has 2 amide bonds. The number of aromatic nitrogens is 2. The molecular weight excluding hydrogens is 352 g/mol. The van der Waals surface area contributed by atoms with Gasteiger partial charge in [0.05, 0.1) is 0 Å². The molecule has 148 valence electrons. The minimum absolute atomic E-state index is 0.201. The van der Waals surface area contributed by atoms with E-state index < -0.39 is 0 Å². The van der Waals surface area contributed by atoms with Crippen LogP contribution in [0.2, 0.25) is 0 Å². The highest BCUT2D eigenvalue weighted by Crippen LogP contribution is 2.13. The van der Waals surface area contributed by atoms with Crippen molar-refractivity contribution in [3.05, 3.63) is 60.2 Å². The van der Waals surface area contributed by atoms with E-state index in [1.54, 1.807) is 0 Å². The summed E-state index contributed by atoms with van der Waals surface area (Å²) in [5, 5.41) is 0. The number of carbonyl (C=O) groups excluding carboxylic acids is 1. The van der Waals surface area contributed by atoms with Crippen molar-refractivity contribution in [3.8, 4) is 0 Å². The highest BCUT2D eigenvalue weighted by Gasteiger charge is 2.27. The zero-order chi connectivity index (χ0) is 19.2. The minimum Gasteiger partial charge on any atom is -0.322 e. The second kappa shape index (κ2) is 9.12. The summed E-state index contributed by atoms with van der Waals surface area (Å²) in [6.45, 7) is 8.79. The van der Waals surface area contributed by atoms with Crippen LogP contribution in [0, 0.1) is 0 Å². The molecule has 4 heterocycles. The van der Waals surface area contributed by atoms with Crippen LogP contribution < -0.4 is 0 Å². The van der Waals surface area contributed by atoms with Crippen LogP contribution in [-0.4, -0.2) is 88.0 Å². The molecule has 0 saturated carbocycles. The Balaban J connectivity index is 1.20. The monoisotopic (exact) mass is 380 g/mol. The predicted octanol–water partition coefficient (Wildman–Crippen LogP) is 1.53. The number of amides is 2. The fourth-order valence-electron chi connectivity index (χ4n) is 3.89. The molecule has 0 spiro atoms. The summed E-state index contributed by atoms with van der Waals surface area (Å²) >= 11 is 0. The van der Waals surface area contributed by atoms with E-state index in [9.17, 15) is 4.79 Å². The lowest BCUT2D eigenvalue weighted by Crippen LogP contribution is -2.56. The van der Waals surface area contributed by atoms with Gasteiger partial charge in [-0.25, -0.2) is 4.79 Å². The van der Waals surface area contributed by atoms with E-state index >= 15 is 0 Å². The number of rotatable bonds is 4. The average Bonchev–Trinajstić information content (AvgIpc) is 2.76. The van der Waals surface area contributed by atoms with Gasteiger partial charge in [0.2, 0.25) is 0 Å². The first-order valence-corrected chi connectivity index (χ1v) is 10.0. The molecule has 2 fully saturated rings. The van der Waals surface area contributed by atoms with Crippen molar-refractivity contribution < 1.29 is 4.79 Å². The van der Waals surface area contributed by atoms with Gasteiger partial charge in [-0.15, -0.1) is 0 Å². The van der Waals surface area contributed by atoms with E-state index in [-0.39, 0.29) is 6.03 Å². The molecule has 2 saturated heterocycles. The van der Waals surface area contributed by atoms with Gasteiger partial charge in [-0.05, 0) is 35.4 Å². The van der Waals surface area contributed by atoms with Gasteiger partial charge >= 0.3 is 6.03 Å². The Morgan fingerprint density at radius 1 is 0.643 bits per heavy atom. The maximum Gasteiger partial charge on any atom is 0.320 e. The molecule has 7 heteroatoms. The molecule has 28 heavy (non-hydrogen) atoms. The summed E-state index contributed by atoms with van der Waals surface area (Å²) in [6.07, 6.45) is 7.35. The van der Waals surface area contributed by atoms with Gasteiger partial charge < -0.3 is 9.80 Å². The lowest BCUT2D eigenvalue weighted by molar-refractivity contribution is 0.0870.